The molecule has 3 aliphatic heterocycles. The van der Waals surface area contributed by atoms with Gasteiger partial charge in [-0.1, -0.05) is 43.2 Å². The fourth-order valence-corrected chi connectivity index (χ4v) is 5.18. The Hall–Kier alpha value is -1.92. The molecular weight excluding hydrogens is 388 g/mol. The molecule has 1 aromatic carbocycles. The summed E-state index contributed by atoms with van der Waals surface area (Å²) in [6, 6.07) is 10.5. The normalized spacial score (nSPS) is 22.3. The SMILES string of the molecule is O=C(CN1CCC(C(=O)N2CCCCCC2)CC1)N1CCN(Cc2ccccc2)CC1. The molecule has 3 saturated heterocycles. The first-order valence-electron chi connectivity index (χ1n) is 12.2. The first-order valence-corrected chi connectivity index (χ1v) is 12.2. The van der Waals surface area contributed by atoms with Crippen LogP contribution in [0.25, 0.3) is 0 Å². The Morgan fingerprint density at radius 3 is 2.00 bits per heavy atom. The van der Waals surface area contributed by atoms with Crippen LogP contribution < -0.4 is 0 Å². The summed E-state index contributed by atoms with van der Waals surface area (Å²) in [5.41, 5.74) is 1.33. The summed E-state index contributed by atoms with van der Waals surface area (Å²) in [6.07, 6.45) is 6.60. The van der Waals surface area contributed by atoms with Crippen molar-refractivity contribution in [3.8, 4) is 0 Å². The largest absolute Gasteiger partial charge is 0.342 e. The minimum Gasteiger partial charge on any atom is -0.342 e. The van der Waals surface area contributed by atoms with E-state index >= 15 is 0 Å². The minimum absolute atomic E-state index is 0.158. The van der Waals surface area contributed by atoms with Gasteiger partial charge in [-0.05, 0) is 44.3 Å². The smallest absolute Gasteiger partial charge is 0.236 e. The second kappa shape index (κ2) is 11.1. The Labute approximate surface area is 187 Å². The topological polar surface area (TPSA) is 47.1 Å². The third-order valence-electron chi connectivity index (χ3n) is 7.19. The molecule has 6 heteroatoms. The van der Waals surface area contributed by atoms with Gasteiger partial charge in [0.05, 0.1) is 6.54 Å². The second-order valence-electron chi connectivity index (χ2n) is 9.43. The average molecular weight is 427 g/mol. The lowest BCUT2D eigenvalue weighted by atomic mass is 9.95. The van der Waals surface area contributed by atoms with Crippen LogP contribution in [-0.4, -0.2) is 90.3 Å². The van der Waals surface area contributed by atoms with Gasteiger partial charge >= 0.3 is 0 Å². The highest BCUT2D eigenvalue weighted by Crippen LogP contribution is 2.22. The molecule has 0 radical (unpaired) electrons. The molecule has 0 aromatic heterocycles. The summed E-state index contributed by atoms with van der Waals surface area (Å²) in [4.78, 5) is 34.5. The first-order chi connectivity index (χ1) is 15.2. The highest BCUT2D eigenvalue weighted by Gasteiger charge is 2.30. The molecule has 3 fully saturated rings. The van der Waals surface area contributed by atoms with Gasteiger partial charge < -0.3 is 9.80 Å². The van der Waals surface area contributed by atoms with E-state index in [1.54, 1.807) is 0 Å². The van der Waals surface area contributed by atoms with E-state index in [1.165, 1.54) is 18.4 Å². The van der Waals surface area contributed by atoms with Crippen molar-refractivity contribution in [1.82, 2.24) is 19.6 Å². The quantitative estimate of drug-likeness (QED) is 0.726. The molecule has 0 spiro atoms. The van der Waals surface area contributed by atoms with Crippen LogP contribution in [0, 0.1) is 5.92 Å². The van der Waals surface area contributed by atoms with E-state index in [0.29, 0.717) is 12.5 Å². The van der Waals surface area contributed by atoms with Crippen molar-refractivity contribution in [3.63, 3.8) is 0 Å². The van der Waals surface area contributed by atoms with Crippen LogP contribution in [0.5, 0.6) is 0 Å². The molecule has 170 valence electrons. The van der Waals surface area contributed by atoms with Crippen molar-refractivity contribution in [1.29, 1.82) is 0 Å². The molecule has 3 aliphatic rings. The number of piperazine rings is 1. The Morgan fingerprint density at radius 2 is 1.35 bits per heavy atom. The maximum atomic E-state index is 12.9. The van der Waals surface area contributed by atoms with Gasteiger partial charge in [0, 0.05) is 51.7 Å². The molecule has 3 heterocycles. The van der Waals surface area contributed by atoms with Crippen LogP contribution in [-0.2, 0) is 16.1 Å². The van der Waals surface area contributed by atoms with Crippen molar-refractivity contribution >= 4 is 11.8 Å². The van der Waals surface area contributed by atoms with Crippen LogP contribution in [0.3, 0.4) is 0 Å². The summed E-state index contributed by atoms with van der Waals surface area (Å²) in [5.74, 6) is 0.769. The van der Waals surface area contributed by atoms with E-state index in [-0.39, 0.29) is 11.8 Å². The summed E-state index contributed by atoms with van der Waals surface area (Å²) >= 11 is 0. The lowest BCUT2D eigenvalue weighted by Gasteiger charge is -2.37. The Kier molecular flexibility index (Phi) is 7.97. The average Bonchev–Trinajstić information content (AvgIpc) is 3.10. The lowest BCUT2D eigenvalue weighted by molar-refractivity contribution is -0.137. The number of rotatable bonds is 5. The molecule has 2 amide bonds. The van der Waals surface area contributed by atoms with E-state index < -0.39 is 0 Å². The van der Waals surface area contributed by atoms with Gasteiger partial charge in [0.2, 0.25) is 11.8 Å². The molecule has 0 N–H and O–H groups in total. The number of nitrogens with zero attached hydrogens (tertiary/aromatic N) is 4. The van der Waals surface area contributed by atoms with Gasteiger partial charge in [-0.2, -0.15) is 0 Å². The van der Waals surface area contributed by atoms with Crippen molar-refractivity contribution in [3.05, 3.63) is 35.9 Å². The van der Waals surface area contributed by atoms with Crippen LogP contribution in [0.2, 0.25) is 0 Å². The van der Waals surface area contributed by atoms with Gasteiger partial charge in [0.1, 0.15) is 0 Å². The van der Waals surface area contributed by atoms with Crippen LogP contribution >= 0.6 is 0 Å². The van der Waals surface area contributed by atoms with Crippen molar-refractivity contribution in [2.45, 2.75) is 45.1 Å². The zero-order valence-electron chi connectivity index (χ0n) is 18.9. The Bertz CT molecular complexity index is 701. The summed E-state index contributed by atoms with van der Waals surface area (Å²) in [6.45, 7) is 8.57. The van der Waals surface area contributed by atoms with Crippen molar-refractivity contribution < 1.29 is 9.59 Å². The molecular formula is C25H38N4O2. The van der Waals surface area contributed by atoms with Crippen LogP contribution in [0.15, 0.2) is 30.3 Å². The third-order valence-corrected chi connectivity index (χ3v) is 7.19. The Morgan fingerprint density at radius 1 is 0.710 bits per heavy atom. The molecule has 4 rings (SSSR count). The van der Waals surface area contributed by atoms with E-state index in [4.69, 9.17) is 0 Å². The number of benzene rings is 1. The predicted octanol–water partition coefficient (Wildman–Crippen LogP) is 2.45. The number of amides is 2. The van der Waals surface area contributed by atoms with Gasteiger partial charge in [-0.25, -0.2) is 0 Å². The van der Waals surface area contributed by atoms with Gasteiger partial charge in [-0.15, -0.1) is 0 Å². The zero-order valence-corrected chi connectivity index (χ0v) is 18.9. The van der Waals surface area contributed by atoms with E-state index in [1.807, 2.05) is 11.0 Å². The first kappa shape index (κ1) is 22.3. The number of hydrogen-bond donors (Lipinski definition) is 0. The van der Waals surface area contributed by atoms with Crippen LogP contribution in [0.4, 0.5) is 0 Å². The zero-order chi connectivity index (χ0) is 21.5. The molecule has 31 heavy (non-hydrogen) atoms. The number of piperidine rings is 1. The maximum absolute atomic E-state index is 12.9. The number of carbonyl (C=O) groups is 2. The molecule has 0 saturated carbocycles. The fraction of sp³-hybridized carbons (Fsp3) is 0.680. The lowest BCUT2D eigenvalue weighted by Crippen LogP contribution is -2.52. The summed E-state index contributed by atoms with van der Waals surface area (Å²) in [7, 11) is 0. The standard InChI is InChI=1S/C25H38N4O2/c30-24(28-18-16-27(17-19-28)20-22-8-4-3-5-9-22)21-26-14-10-23(11-15-26)25(31)29-12-6-1-2-7-13-29/h3-5,8-9,23H,1-2,6-7,10-21H2. The van der Waals surface area contributed by atoms with E-state index in [0.717, 1.165) is 84.6 Å². The molecule has 0 aliphatic carbocycles. The summed E-state index contributed by atoms with van der Waals surface area (Å²) < 4.78 is 0. The van der Waals surface area contributed by atoms with Gasteiger partial charge in [0.25, 0.3) is 0 Å². The maximum Gasteiger partial charge on any atom is 0.236 e. The molecule has 6 nitrogen and oxygen atoms in total. The number of hydrogen-bond acceptors (Lipinski definition) is 4. The second-order valence-corrected chi connectivity index (χ2v) is 9.43. The molecule has 0 bridgehead atoms. The molecule has 0 atom stereocenters. The van der Waals surface area contributed by atoms with Gasteiger partial charge in [-0.3, -0.25) is 19.4 Å². The van der Waals surface area contributed by atoms with Gasteiger partial charge in [0.15, 0.2) is 0 Å². The highest BCUT2D eigenvalue weighted by molar-refractivity contribution is 5.79. The minimum atomic E-state index is 0.158. The van der Waals surface area contributed by atoms with Crippen LogP contribution in [0.1, 0.15) is 44.1 Å². The summed E-state index contributed by atoms with van der Waals surface area (Å²) in [5, 5.41) is 0. The molecule has 1 aromatic rings. The van der Waals surface area contributed by atoms with E-state index in [2.05, 4.69) is 39.0 Å². The number of likely N-dealkylation sites (tertiary alicyclic amines) is 2. The fourth-order valence-electron chi connectivity index (χ4n) is 5.18. The molecule has 0 unspecified atom stereocenters. The van der Waals surface area contributed by atoms with Crippen molar-refractivity contribution in [2.75, 3.05) is 58.9 Å². The highest BCUT2D eigenvalue weighted by atomic mass is 16.2. The third kappa shape index (κ3) is 6.30. The van der Waals surface area contributed by atoms with Crippen molar-refractivity contribution in [2.24, 2.45) is 5.92 Å². The Balaban J connectivity index is 1.16. The predicted molar refractivity (Wildman–Crippen MR) is 123 cm³/mol. The monoisotopic (exact) mass is 426 g/mol. The van der Waals surface area contributed by atoms with E-state index in [9.17, 15) is 9.59 Å². The number of carbonyl (C=O) groups excluding carboxylic acids is 2.